The molecule has 47 heavy (non-hydrogen) atoms. The predicted molar refractivity (Wildman–Crippen MR) is 189 cm³/mol. The van der Waals surface area contributed by atoms with Crippen LogP contribution >= 0.6 is 0 Å². The molecule has 6 heteroatoms. The summed E-state index contributed by atoms with van der Waals surface area (Å²) in [5.74, 6) is -0.672. The van der Waals surface area contributed by atoms with Crippen LogP contribution in [0.1, 0.15) is 28.3 Å². The minimum absolute atomic E-state index is 0.336. The molecule has 3 aromatic heterocycles. The smallest absolute Gasteiger partial charge is 0.123 e. The lowest BCUT2D eigenvalue weighted by atomic mass is 10.0. The SMILES string of the molecule is C=C=Cc1c2nc(c(-c3cccc(F)c3)c3ccc([nH]3)c(-c3ccccc3)c3nc(c(-c4cccc(F)c4)c4ccc1[nH]4)C=C3)C=C2. The fraction of sp³-hybridized carbons (Fsp3) is 0. The summed E-state index contributed by atoms with van der Waals surface area (Å²) in [6.45, 7) is 3.83. The quantitative estimate of drug-likeness (QED) is 0.194. The van der Waals surface area contributed by atoms with Gasteiger partial charge < -0.3 is 9.97 Å². The Morgan fingerprint density at radius 3 is 1.49 bits per heavy atom. The number of hydrogen-bond donors (Lipinski definition) is 2. The molecule has 8 bridgehead atoms. The number of nitrogens with one attached hydrogen (secondary N) is 2. The van der Waals surface area contributed by atoms with Crippen LogP contribution in [-0.4, -0.2) is 19.9 Å². The van der Waals surface area contributed by atoms with Crippen LogP contribution in [0.2, 0.25) is 0 Å². The van der Waals surface area contributed by atoms with Crippen LogP contribution in [0.5, 0.6) is 0 Å². The zero-order chi connectivity index (χ0) is 31.9. The molecular weight excluding hydrogens is 586 g/mol. The van der Waals surface area contributed by atoms with E-state index in [2.05, 4.69) is 22.3 Å². The van der Waals surface area contributed by atoms with Crippen LogP contribution < -0.4 is 0 Å². The first-order valence-electron chi connectivity index (χ1n) is 15.1. The van der Waals surface area contributed by atoms with Gasteiger partial charge in [-0.15, -0.1) is 5.73 Å². The Hall–Kier alpha value is -6.36. The molecule has 3 aromatic carbocycles. The first-order chi connectivity index (χ1) is 23.1. The van der Waals surface area contributed by atoms with Crippen molar-refractivity contribution in [1.29, 1.82) is 0 Å². The molecule has 0 unspecified atom stereocenters. The average molecular weight is 613 g/mol. The van der Waals surface area contributed by atoms with Crippen molar-refractivity contribution in [2.75, 3.05) is 0 Å². The summed E-state index contributed by atoms with van der Waals surface area (Å²) in [6.07, 6.45) is 9.60. The summed E-state index contributed by atoms with van der Waals surface area (Å²) in [5.41, 5.74) is 14.4. The van der Waals surface area contributed by atoms with Crippen molar-refractivity contribution in [3.8, 4) is 33.4 Å². The standard InChI is InChI=1S/C41H26F2N4/c1-2-8-30-31-15-17-35(44-31)40(26-11-6-13-28(42)23-26)37-21-19-33(46-37)39(25-9-4-3-5-10-25)34-20-22-38(47-34)41(36-18-16-32(30)45-36)27-12-7-14-29(43)24-27/h3-24,44,47H,1H2. The van der Waals surface area contributed by atoms with Gasteiger partial charge in [-0.3, -0.25) is 0 Å². The van der Waals surface area contributed by atoms with E-state index in [9.17, 15) is 8.78 Å². The molecule has 0 amide bonds. The molecule has 2 aliphatic rings. The molecule has 8 rings (SSSR count). The molecule has 6 aromatic rings. The van der Waals surface area contributed by atoms with E-state index in [1.165, 1.54) is 24.3 Å². The van der Waals surface area contributed by atoms with E-state index in [-0.39, 0.29) is 11.6 Å². The Bertz CT molecular complexity index is 2450. The zero-order valence-electron chi connectivity index (χ0n) is 25.1. The summed E-state index contributed by atoms with van der Waals surface area (Å²) < 4.78 is 29.3. The second kappa shape index (κ2) is 11.5. The lowest BCUT2D eigenvalue weighted by Gasteiger charge is -2.06. The molecule has 0 radical (unpaired) electrons. The number of halogens is 2. The van der Waals surface area contributed by atoms with Gasteiger partial charge in [0.25, 0.3) is 0 Å². The second-order valence-electron chi connectivity index (χ2n) is 11.3. The number of hydrogen-bond acceptors (Lipinski definition) is 2. The van der Waals surface area contributed by atoms with Crippen LogP contribution in [0.25, 0.3) is 85.8 Å². The van der Waals surface area contributed by atoms with E-state index in [0.717, 1.165) is 55.6 Å². The summed E-state index contributed by atoms with van der Waals surface area (Å²) in [5, 5.41) is 0. The van der Waals surface area contributed by atoms with Gasteiger partial charge in [0.2, 0.25) is 0 Å². The number of nitrogens with zero attached hydrogens (tertiary/aromatic N) is 2. The van der Waals surface area contributed by atoms with Gasteiger partial charge in [-0.05, 0) is 95.6 Å². The van der Waals surface area contributed by atoms with Crippen molar-refractivity contribution in [2.45, 2.75) is 0 Å². The highest BCUT2D eigenvalue weighted by molar-refractivity contribution is 5.98. The predicted octanol–water partition coefficient (Wildman–Crippen LogP) is 10.7. The Morgan fingerprint density at radius 1 is 0.511 bits per heavy atom. The van der Waals surface area contributed by atoms with E-state index in [1.807, 2.05) is 91.0 Å². The van der Waals surface area contributed by atoms with Crippen molar-refractivity contribution in [2.24, 2.45) is 0 Å². The zero-order valence-corrected chi connectivity index (χ0v) is 25.1. The topological polar surface area (TPSA) is 57.4 Å². The Balaban J connectivity index is 1.58. The van der Waals surface area contributed by atoms with Gasteiger partial charge in [0.1, 0.15) is 11.6 Å². The highest BCUT2D eigenvalue weighted by Gasteiger charge is 2.18. The molecule has 224 valence electrons. The lowest BCUT2D eigenvalue weighted by Crippen LogP contribution is -1.89. The fourth-order valence-corrected chi connectivity index (χ4v) is 6.29. The molecule has 0 saturated carbocycles. The van der Waals surface area contributed by atoms with E-state index in [0.29, 0.717) is 28.2 Å². The van der Waals surface area contributed by atoms with E-state index in [4.69, 9.17) is 9.97 Å². The maximum Gasteiger partial charge on any atom is 0.123 e. The van der Waals surface area contributed by atoms with E-state index in [1.54, 1.807) is 18.2 Å². The van der Waals surface area contributed by atoms with Crippen LogP contribution in [0.15, 0.2) is 115 Å². The van der Waals surface area contributed by atoms with Crippen molar-refractivity contribution < 1.29 is 8.78 Å². The first-order valence-corrected chi connectivity index (χ1v) is 15.1. The number of fused-ring (bicyclic) bond motifs is 8. The third kappa shape index (κ3) is 5.13. The van der Waals surface area contributed by atoms with Crippen molar-refractivity contribution >= 4 is 52.4 Å². The van der Waals surface area contributed by atoms with Gasteiger partial charge in [-0.1, -0.05) is 61.2 Å². The molecule has 0 aliphatic carbocycles. The molecule has 2 aliphatic heterocycles. The van der Waals surface area contributed by atoms with Crippen LogP contribution in [-0.2, 0) is 0 Å². The van der Waals surface area contributed by atoms with E-state index >= 15 is 0 Å². The van der Waals surface area contributed by atoms with Crippen LogP contribution in [0, 0.1) is 11.6 Å². The van der Waals surface area contributed by atoms with E-state index < -0.39 is 0 Å². The molecule has 5 heterocycles. The lowest BCUT2D eigenvalue weighted by molar-refractivity contribution is 0.628. The van der Waals surface area contributed by atoms with Gasteiger partial charge in [0.05, 0.1) is 22.8 Å². The molecule has 0 saturated heterocycles. The summed E-state index contributed by atoms with van der Waals surface area (Å²) in [4.78, 5) is 17.4. The minimum Gasteiger partial charge on any atom is -0.354 e. The molecule has 0 atom stereocenters. The Labute approximate surface area is 269 Å². The third-order valence-corrected chi connectivity index (χ3v) is 8.33. The monoisotopic (exact) mass is 612 g/mol. The Morgan fingerprint density at radius 2 is 0.957 bits per heavy atom. The largest absolute Gasteiger partial charge is 0.354 e. The maximum absolute atomic E-state index is 14.6. The molecule has 4 nitrogen and oxygen atoms in total. The molecule has 0 spiro atoms. The number of aromatic nitrogens is 4. The maximum atomic E-state index is 14.6. The van der Waals surface area contributed by atoms with Gasteiger partial charge >= 0.3 is 0 Å². The van der Waals surface area contributed by atoms with Gasteiger partial charge in [-0.25, -0.2) is 18.7 Å². The fourth-order valence-electron chi connectivity index (χ4n) is 6.29. The first kappa shape index (κ1) is 28.1. The Kier molecular flexibility index (Phi) is 6.90. The highest BCUT2D eigenvalue weighted by Crippen LogP contribution is 2.37. The van der Waals surface area contributed by atoms with Crippen molar-refractivity contribution in [1.82, 2.24) is 19.9 Å². The summed E-state index contributed by atoms with van der Waals surface area (Å²) in [7, 11) is 0. The van der Waals surface area contributed by atoms with Gasteiger partial charge in [0, 0.05) is 44.3 Å². The highest BCUT2D eigenvalue weighted by atomic mass is 19.1. The van der Waals surface area contributed by atoms with Crippen molar-refractivity contribution in [3.05, 3.63) is 155 Å². The van der Waals surface area contributed by atoms with Gasteiger partial charge in [0.15, 0.2) is 0 Å². The summed E-state index contributed by atoms with van der Waals surface area (Å²) in [6, 6.07) is 31.0. The van der Waals surface area contributed by atoms with Crippen LogP contribution in [0.4, 0.5) is 8.78 Å². The third-order valence-electron chi connectivity index (χ3n) is 8.33. The van der Waals surface area contributed by atoms with Crippen molar-refractivity contribution in [3.63, 3.8) is 0 Å². The minimum atomic E-state index is -0.336. The normalized spacial score (nSPS) is 11.9. The van der Waals surface area contributed by atoms with Gasteiger partial charge in [-0.2, -0.15) is 0 Å². The van der Waals surface area contributed by atoms with Crippen LogP contribution in [0.3, 0.4) is 0 Å². The molecule has 0 fully saturated rings. The summed E-state index contributed by atoms with van der Waals surface area (Å²) >= 11 is 0. The number of H-pyrrole nitrogens is 2. The average Bonchev–Trinajstić information content (AvgIpc) is 3.91. The number of rotatable bonds is 4. The molecule has 2 N–H and O–H groups in total. The number of aromatic amines is 2. The molecular formula is C41H26F2N4. The number of benzene rings is 3. The second-order valence-corrected chi connectivity index (χ2v) is 11.3.